The molecular formula is C16H11F3N2O2. The number of carbonyl (C=O) groups excluding carboxylic acids is 1. The van der Waals surface area contributed by atoms with Gasteiger partial charge in [0, 0.05) is 18.1 Å². The summed E-state index contributed by atoms with van der Waals surface area (Å²) in [4.78, 5) is 17.1. The van der Waals surface area contributed by atoms with Gasteiger partial charge in [-0.05, 0) is 24.3 Å². The van der Waals surface area contributed by atoms with E-state index >= 15 is 0 Å². The number of hydrogen-bond donors (Lipinski definition) is 1. The lowest BCUT2D eigenvalue weighted by molar-refractivity contribution is -0.125. The molecule has 1 aliphatic heterocycles. The van der Waals surface area contributed by atoms with Crippen LogP contribution in [0, 0.1) is 17.5 Å². The van der Waals surface area contributed by atoms with Crippen LogP contribution in [-0.4, -0.2) is 17.7 Å². The molecule has 2 aromatic rings. The first-order chi connectivity index (χ1) is 11.0. The van der Waals surface area contributed by atoms with Gasteiger partial charge in [-0.2, -0.15) is 0 Å². The average Bonchev–Trinajstić information content (AvgIpc) is 3.00. The molecule has 118 valence electrons. The van der Waals surface area contributed by atoms with Crippen molar-refractivity contribution in [3.8, 4) is 0 Å². The van der Waals surface area contributed by atoms with Gasteiger partial charge in [-0.25, -0.2) is 13.2 Å². The van der Waals surface area contributed by atoms with Crippen LogP contribution in [0.25, 0.3) is 0 Å². The summed E-state index contributed by atoms with van der Waals surface area (Å²) >= 11 is 0. The number of oxime groups is 1. The molecule has 4 nitrogen and oxygen atoms in total. The maximum Gasteiger partial charge on any atom is 0.268 e. The highest BCUT2D eigenvalue weighted by Crippen LogP contribution is 2.20. The summed E-state index contributed by atoms with van der Waals surface area (Å²) in [6.45, 7) is 0. The van der Waals surface area contributed by atoms with Gasteiger partial charge in [0.15, 0.2) is 0 Å². The van der Waals surface area contributed by atoms with Crippen molar-refractivity contribution in [1.82, 2.24) is 0 Å². The monoisotopic (exact) mass is 320 g/mol. The van der Waals surface area contributed by atoms with E-state index in [9.17, 15) is 18.0 Å². The third-order valence-electron chi connectivity index (χ3n) is 3.31. The van der Waals surface area contributed by atoms with Crippen molar-refractivity contribution in [2.45, 2.75) is 12.5 Å². The predicted molar refractivity (Wildman–Crippen MR) is 77.4 cm³/mol. The van der Waals surface area contributed by atoms with Crippen LogP contribution in [0.5, 0.6) is 0 Å². The van der Waals surface area contributed by atoms with Crippen LogP contribution in [-0.2, 0) is 9.63 Å². The second-order valence-electron chi connectivity index (χ2n) is 4.96. The number of anilines is 1. The van der Waals surface area contributed by atoms with Crippen LogP contribution in [0.15, 0.2) is 47.6 Å². The first kappa shape index (κ1) is 15.1. The minimum atomic E-state index is -0.960. The smallest absolute Gasteiger partial charge is 0.268 e. The maximum absolute atomic E-state index is 13.5. The maximum atomic E-state index is 13.5. The van der Waals surface area contributed by atoms with Crippen LogP contribution in [0.4, 0.5) is 18.9 Å². The summed E-state index contributed by atoms with van der Waals surface area (Å²) < 4.78 is 39.5. The number of benzene rings is 2. The van der Waals surface area contributed by atoms with E-state index in [-0.39, 0.29) is 12.1 Å². The molecule has 0 aliphatic carbocycles. The summed E-state index contributed by atoms with van der Waals surface area (Å²) in [5.74, 6) is -2.67. The Labute approximate surface area is 129 Å². The third-order valence-corrected chi connectivity index (χ3v) is 3.31. The highest BCUT2D eigenvalue weighted by atomic mass is 19.1. The molecule has 1 amide bonds. The fourth-order valence-corrected chi connectivity index (χ4v) is 2.16. The van der Waals surface area contributed by atoms with Crippen molar-refractivity contribution in [1.29, 1.82) is 0 Å². The largest absolute Gasteiger partial charge is 0.382 e. The van der Waals surface area contributed by atoms with Gasteiger partial charge in [-0.1, -0.05) is 17.3 Å². The van der Waals surface area contributed by atoms with Crippen molar-refractivity contribution in [3.05, 3.63) is 65.5 Å². The number of rotatable bonds is 3. The molecular weight excluding hydrogens is 309 g/mol. The lowest BCUT2D eigenvalue weighted by atomic mass is 10.0. The molecule has 23 heavy (non-hydrogen) atoms. The van der Waals surface area contributed by atoms with E-state index in [1.807, 2.05) is 0 Å². The summed E-state index contributed by atoms with van der Waals surface area (Å²) in [6, 6.07) is 8.55. The van der Waals surface area contributed by atoms with E-state index in [0.29, 0.717) is 17.3 Å². The molecule has 0 radical (unpaired) electrons. The molecule has 2 aromatic carbocycles. The molecule has 0 saturated heterocycles. The fraction of sp³-hybridized carbons (Fsp3) is 0.125. The lowest BCUT2D eigenvalue weighted by Gasteiger charge is -2.10. The molecule has 0 aromatic heterocycles. The van der Waals surface area contributed by atoms with Gasteiger partial charge >= 0.3 is 0 Å². The number of halogens is 3. The van der Waals surface area contributed by atoms with E-state index in [1.54, 1.807) is 6.07 Å². The number of carbonyl (C=O) groups is 1. The Morgan fingerprint density at radius 2 is 1.91 bits per heavy atom. The van der Waals surface area contributed by atoms with Crippen LogP contribution < -0.4 is 5.32 Å². The second kappa shape index (κ2) is 6.12. The lowest BCUT2D eigenvalue weighted by Crippen LogP contribution is -2.28. The standard InChI is InChI=1S/C16H11F3N2O2/c17-10-3-1-2-9(6-10)14-8-15(23-21-14)16(22)20-13-5-4-11(18)7-12(13)19/h1-7,15H,8H2,(H,20,22)/t15-/m1/s1. The fourth-order valence-electron chi connectivity index (χ4n) is 2.16. The molecule has 0 bridgehead atoms. The second-order valence-corrected chi connectivity index (χ2v) is 4.96. The molecule has 1 aliphatic rings. The van der Waals surface area contributed by atoms with Gasteiger partial charge in [0.1, 0.15) is 17.5 Å². The van der Waals surface area contributed by atoms with Crippen molar-refractivity contribution < 1.29 is 22.8 Å². The molecule has 1 atom stereocenters. The van der Waals surface area contributed by atoms with Gasteiger partial charge < -0.3 is 10.2 Å². The quantitative estimate of drug-likeness (QED) is 0.944. The molecule has 0 unspecified atom stereocenters. The van der Waals surface area contributed by atoms with Crippen LogP contribution in [0.3, 0.4) is 0 Å². The molecule has 3 rings (SSSR count). The minimum absolute atomic E-state index is 0.123. The van der Waals surface area contributed by atoms with Crippen molar-refractivity contribution in [2.24, 2.45) is 5.16 Å². The number of hydrogen-bond acceptors (Lipinski definition) is 3. The Balaban J connectivity index is 1.67. The molecule has 1 N–H and O–H groups in total. The molecule has 0 spiro atoms. The van der Waals surface area contributed by atoms with Crippen LogP contribution in [0.2, 0.25) is 0 Å². The Bertz CT molecular complexity index is 793. The first-order valence-electron chi connectivity index (χ1n) is 6.77. The summed E-state index contributed by atoms with van der Waals surface area (Å²) in [5, 5.41) is 6.07. The Morgan fingerprint density at radius 1 is 1.13 bits per heavy atom. The molecule has 0 fully saturated rings. The van der Waals surface area contributed by atoms with Crippen LogP contribution in [0.1, 0.15) is 12.0 Å². The zero-order valence-corrected chi connectivity index (χ0v) is 11.7. The van der Waals surface area contributed by atoms with Gasteiger partial charge in [0.05, 0.1) is 11.4 Å². The minimum Gasteiger partial charge on any atom is -0.382 e. The molecule has 1 heterocycles. The van der Waals surface area contributed by atoms with E-state index in [4.69, 9.17) is 4.84 Å². The van der Waals surface area contributed by atoms with Gasteiger partial charge in [-0.15, -0.1) is 0 Å². The number of nitrogens with one attached hydrogen (secondary N) is 1. The Hall–Kier alpha value is -2.83. The van der Waals surface area contributed by atoms with Crippen molar-refractivity contribution >= 4 is 17.3 Å². The van der Waals surface area contributed by atoms with E-state index in [0.717, 1.165) is 12.1 Å². The number of amides is 1. The van der Waals surface area contributed by atoms with Gasteiger partial charge in [-0.3, -0.25) is 4.79 Å². The topological polar surface area (TPSA) is 50.7 Å². The normalized spacial score (nSPS) is 16.7. The summed E-state index contributed by atoms with van der Waals surface area (Å²) in [5.41, 5.74) is 0.775. The SMILES string of the molecule is O=C(Nc1ccc(F)cc1F)[C@H]1CC(c2cccc(F)c2)=NO1. The zero-order chi connectivity index (χ0) is 16.4. The Kier molecular flexibility index (Phi) is 4.01. The van der Waals surface area contributed by atoms with Gasteiger partial charge in [0.25, 0.3) is 5.91 Å². The molecule has 0 saturated carbocycles. The highest BCUT2D eigenvalue weighted by molar-refractivity contribution is 6.06. The third kappa shape index (κ3) is 3.33. The predicted octanol–water partition coefficient (Wildman–Crippen LogP) is 3.24. The summed E-state index contributed by atoms with van der Waals surface area (Å²) in [6.07, 6.45) is -0.837. The molecule has 7 heteroatoms. The average molecular weight is 320 g/mol. The Morgan fingerprint density at radius 3 is 2.65 bits per heavy atom. The van der Waals surface area contributed by atoms with Crippen molar-refractivity contribution in [2.75, 3.05) is 5.32 Å². The summed E-state index contributed by atoms with van der Waals surface area (Å²) in [7, 11) is 0. The highest BCUT2D eigenvalue weighted by Gasteiger charge is 2.29. The van der Waals surface area contributed by atoms with Crippen LogP contribution >= 0.6 is 0 Å². The number of nitrogens with zero attached hydrogens (tertiary/aromatic N) is 1. The first-order valence-corrected chi connectivity index (χ1v) is 6.77. The van der Waals surface area contributed by atoms with E-state index < -0.39 is 29.5 Å². The van der Waals surface area contributed by atoms with Gasteiger partial charge in [0.2, 0.25) is 6.10 Å². The van der Waals surface area contributed by atoms with Crippen molar-refractivity contribution in [3.63, 3.8) is 0 Å². The van der Waals surface area contributed by atoms with E-state index in [2.05, 4.69) is 10.5 Å². The zero-order valence-electron chi connectivity index (χ0n) is 11.7. The van der Waals surface area contributed by atoms with E-state index in [1.165, 1.54) is 18.2 Å².